The van der Waals surface area contributed by atoms with E-state index in [-0.39, 0.29) is 11.6 Å². The Morgan fingerprint density at radius 1 is 1.44 bits per heavy atom. The maximum Gasteiger partial charge on any atom is 0.234 e. The molecule has 0 bridgehead atoms. The molecule has 0 aromatic carbocycles. The highest BCUT2D eigenvalue weighted by atomic mass is 35.5. The summed E-state index contributed by atoms with van der Waals surface area (Å²) in [4.78, 5) is 24.4. The summed E-state index contributed by atoms with van der Waals surface area (Å²) in [6, 6.07) is 5.56. The molecular formula is C16H16ClN5O2S. The topological polar surface area (TPSA) is 86.3 Å². The van der Waals surface area contributed by atoms with Crippen molar-refractivity contribution >= 4 is 35.2 Å². The molecule has 1 aliphatic heterocycles. The second-order valence-corrected chi connectivity index (χ2v) is 6.82. The highest BCUT2D eigenvalue weighted by Gasteiger charge is 2.25. The smallest absolute Gasteiger partial charge is 0.234 e. The third kappa shape index (κ3) is 4.06. The molecule has 2 aromatic heterocycles. The first-order valence-electron chi connectivity index (χ1n) is 7.72. The summed E-state index contributed by atoms with van der Waals surface area (Å²) < 4.78 is 5.52. The molecule has 3 rings (SSSR count). The van der Waals surface area contributed by atoms with E-state index in [9.17, 15) is 4.79 Å². The molecule has 2 aromatic rings. The second kappa shape index (κ2) is 7.76. The molecule has 7 nitrogen and oxygen atoms in total. The number of nitrogens with zero attached hydrogens (tertiary/aromatic N) is 5. The molecule has 0 aliphatic carbocycles. The molecule has 1 amide bonds. The summed E-state index contributed by atoms with van der Waals surface area (Å²) in [6.07, 6.45) is 1.66. The van der Waals surface area contributed by atoms with Crippen molar-refractivity contribution in [3.05, 3.63) is 34.9 Å². The zero-order valence-electron chi connectivity index (χ0n) is 13.6. The molecule has 1 aliphatic rings. The van der Waals surface area contributed by atoms with Gasteiger partial charge in [-0.05, 0) is 12.1 Å². The van der Waals surface area contributed by atoms with Crippen LogP contribution in [0.1, 0.15) is 11.6 Å². The van der Waals surface area contributed by atoms with E-state index in [0.717, 1.165) is 0 Å². The molecule has 1 fully saturated rings. The number of thioether (sulfide) groups is 1. The van der Waals surface area contributed by atoms with Crippen LogP contribution in [0.25, 0.3) is 0 Å². The van der Waals surface area contributed by atoms with Crippen LogP contribution < -0.4 is 4.90 Å². The van der Waals surface area contributed by atoms with Crippen molar-refractivity contribution in [2.24, 2.45) is 0 Å². The highest BCUT2D eigenvalue weighted by Crippen LogP contribution is 2.25. The van der Waals surface area contributed by atoms with Crippen LogP contribution in [0.15, 0.2) is 27.8 Å². The zero-order valence-corrected chi connectivity index (χ0v) is 15.2. The summed E-state index contributed by atoms with van der Waals surface area (Å²) in [5, 5.41) is 10.3. The van der Waals surface area contributed by atoms with Crippen LogP contribution in [0, 0.1) is 18.3 Å². The van der Waals surface area contributed by atoms with Gasteiger partial charge in [0.2, 0.25) is 17.5 Å². The van der Waals surface area contributed by atoms with Gasteiger partial charge in [-0.2, -0.15) is 5.26 Å². The van der Waals surface area contributed by atoms with Crippen molar-refractivity contribution < 1.29 is 9.21 Å². The van der Waals surface area contributed by atoms with Gasteiger partial charge in [0.05, 0.1) is 10.8 Å². The van der Waals surface area contributed by atoms with Gasteiger partial charge in [-0.1, -0.05) is 23.4 Å². The number of nitriles is 1. The lowest BCUT2D eigenvalue weighted by molar-refractivity contribution is -0.128. The van der Waals surface area contributed by atoms with Crippen LogP contribution >= 0.6 is 23.4 Å². The van der Waals surface area contributed by atoms with Gasteiger partial charge in [0.15, 0.2) is 5.89 Å². The number of carbonyl (C=O) groups is 1. The molecule has 1 saturated heterocycles. The lowest BCUT2D eigenvalue weighted by Crippen LogP contribution is -2.49. The molecule has 0 N–H and O–H groups in total. The van der Waals surface area contributed by atoms with E-state index in [2.05, 4.69) is 9.97 Å². The highest BCUT2D eigenvalue weighted by molar-refractivity contribution is 8.00. The van der Waals surface area contributed by atoms with Crippen LogP contribution in [-0.2, 0) is 4.79 Å². The summed E-state index contributed by atoms with van der Waals surface area (Å²) in [5.41, 5.74) is 0.289. The SMILES string of the molecule is Cc1nc(C#N)c(N2CCN(C(=O)CSc3ncccc3Cl)CC2)o1. The van der Waals surface area contributed by atoms with E-state index in [4.69, 9.17) is 21.3 Å². The Morgan fingerprint density at radius 2 is 2.20 bits per heavy atom. The van der Waals surface area contributed by atoms with Crippen LogP contribution in [0.3, 0.4) is 0 Å². The Morgan fingerprint density at radius 3 is 2.88 bits per heavy atom. The molecule has 9 heteroatoms. The minimum absolute atomic E-state index is 0.0422. The lowest BCUT2D eigenvalue weighted by Gasteiger charge is -2.34. The Labute approximate surface area is 154 Å². The number of halogens is 1. The van der Waals surface area contributed by atoms with Crippen LogP contribution in [0.5, 0.6) is 0 Å². The predicted octanol–water partition coefficient (Wildman–Crippen LogP) is 2.34. The molecule has 0 spiro atoms. The number of piperazine rings is 1. The monoisotopic (exact) mass is 377 g/mol. The predicted molar refractivity (Wildman–Crippen MR) is 94.7 cm³/mol. The van der Waals surface area contributed by atoms with Gasteiger partial charge in [0.1, 0.15) is 11.1 Å². The van der Waals surface area contributed by atoms with Crippen LogP contribution in [-0.4, -0.2) is 52.7 Å². The maximum absolute atomic E-state index is 12.4. The van der Waals surface area contributed by atoms with Crippen molar-refractivity contribution in [1.82, 2.24) is 14.9 Å². The van der Waals surface area contributed by atoms with Gasteiger partial charge in [-0.15, -0.1) is 0 Å². The molecule has 0 saturated carbocycles. The quantitative estimate of drug-likeness (QED) is 0.756. The first kappa shape index (κ1) is 17.6. The molecule has 0 radical (unpaired) electrons. The third-order valence-electron chi connectivity index (χ3n) is 3.80. The standard InChI is InChI=1S/C16H16ClN5O2S/c1-11-20-13(9-18)16(24-11)22-7-5-21(6-8-22)14(23)10-25-15-12(17)3-2-4-19-15/h2-4H,5-8,10H2,1H3. The van der Waals surface area contributed by atoms with E-state index in [1.807, 2.05) is 11.0 Å². The Bertz CT molecular complexity index is 811. The van der Waals surface area contributed by atoms with E-state index in [0.29, 0.717) is 53.8 Å². The number of hydrogen-bond donors (Lipinski definition) is 0. The fraction of sp³-hybridized carbons (Fsp3) is 0.375. The summed E-state index contributed by atoms with van der Waals surface area (Å²) in [5.74, 6) is 1.29. The Balaban J connectivity index is 1.54. The minimum atomic E-state index is 0.0422. The summed E-state index contributed by atoms with van der Waals surface area (Å²) in [6.45, 7) is 4.05. The number of carbonyl (C=O) groups excluding carboxylic acids is 1. The van der Waals surface area contributed by atoms with Gasteiger partial charge in [-0.25, -0.2) is 9.97 Å². The number of anilines is 1. The molecule has 130 valence electrons. The first-order valence-corrected chi connectivity index (χ1v) is 9.08. The lowest BCUT2D eigenvalue weighted by atomic mass is 10.3. The van der Waals surface area contributed by atoms with Crippen molar-refractivity contribution in [3.8, 4) is 6.07 Å². The van der Waals surface area contributed by atoms with E-state index >= 15 is 0 Å². The Kier molecular flexibility index (Phi) is 5.46. The van der Waals surface area contributed by atoms with Gasteiger partial charge in [-0.3, -0.25) is 4.79 Å². The molecular weight excluding hydrogens is 362 g/mol. The first-order chi connectivity index (χ1) is 12.1. The maximum atomic E-state index is 12.4. The van der Waals surface area contributed by atoms with Crippen molar-refractivity contribution in [2.75, 3.05) is 36.8 Å². The van der Waals surface area contributed by atoms with E-state index in [1.165, 1.54) is 11.8 Å². The number of hydrogen-bond acceptors (Lipinski definition) is 7. The molecule has 3 heterocycles. The third-order valence-corrected chi connectivity index (χ3v) is 5.21. The minimum Gasteiger partial charge on any atom is -0.424 e. The number of aromatic nitrogens is 2. The van der Waals surface area contributed by atoms with Crippen molar-refractivity contribution in [1.29, 1.82) is 5.26 Å². The second-order valence-electron chi connectivity index (χ2n) is 5.45. The van der Waals surface area contributed by atoms with Crippen LogP contribution in [0.2, 0.25) is 5.02 Å². The fourth-order valence-corrected chi connectivity index (χ4v) is 3.63. The van der Waals surface area contributed by atoms with Crippen molar-refractivity contribution in [2.45, 2.75) is 11.9 Å². The molecule has 0 unspecified atom stereocenters. The summed E-state index contributed by atoms with van der Waals surface area (Å²) >= 11 is 7.39. The van der Waals surface area contributed by atoms with Gasteiger partial charge >= 0.3 is 0 Å². The van der Waals surface area contributed by atoms with Crippen molar-refractivity contribution in [3.63, 3.8) is 0 Å². The zero-order chi connectivity index (χ0) is 17.8. The number of aryl methyl sites for hydroxylation is 1. The van der Waals surface area contributed by atoms with Gasteiger partial charge < -0.3 is 14.2 Å². The fourth-order valence-electron chi connectivity index (χ4n) is 2.56. The average Bonchev–Trinajstić information content (AvgIpc) is 3.02. The molecule has 0 atom stereocenters. The van der Waals surface area contributed by atoms with Gasteiger partial charge in [0, 0.05) is 39.3 Å². The number of rotatable bonds is 4. The number of pyridine rings is 1. The Hall–Kier alpha value is -2.24. The van der Waals surface area contributed by atoms with E-state index < -0.39 is 0 Å². The molecule has 25 heavy (non-hydrogen) atoms. The largest absolute Gasteiger partial charge is 0.424 e. The number of amides is 1. The number of oxazole rings is 1. The van der Waals surface area contributed by atoms with Crippen LogP contribution in [0.4, 0.5) is 5.88 Å². The summed E-state index contributed by atoms with van der Waals surface area (Å²) in [7, 11) is 0. The normalized spacial score (nSPS) is 14.4. The van der Waals surface area contributed by atoms with Gasteiger partial charge in [0.25, 0.3) is 0 Å². The average molecular weight is 378 g/mol. The van der Waals surface area contributed by atoms with E-state index in [1.54, 1.807) is 30.2 Å².